The predicted molar refractivity (Wildman–Crippen MR) is 101 cm³/mol. The van der Waals surface area contributed by atoms with E-state index in [2.05, 4.69) is 10.3 Å². The van der Waals surface area contributed by atoms with E-state index < -0.39 is 24.5 Å². The molecule has 27 heavy (non-hydrogen) atoms. The molecule has 0 unspecified atom stereocenters. The van der Waals surface area contributed by atoms with Crippen molar-refractivity contribution in [1.29, 1.82) is 0 Å². The summed E-state index contributed by atoms with van der Waals surface area (Å²) in [6, 6.07) is 5.12. The fraction of sp³-hybridized carbons (Fsp3) is 0.316. The molecule has 0 aliphatic heterocycles. The lowest BCUT2D eigenvalue weighted by molar-refractivity contribution is -0.119. The third-order valence-electron chi connectivity index (χ3n) is 4.15. The Balaban J connectivity index is 2.07. The van der Waals surface area contributed by atoms with Crippen LogP contribution in [0.3, 0.4) is 0 Å². The fourth-order valence-electron chi connectivity index (χ4n) is 2.64. The van der Waals surface area contributed by atoms with Gasteiger partial charge in [0.15, 0.2) is 6.61 Å². The highest BCUT2D eigenvalue weighted by Crippen LogP contribution is 2.23. The molecule has 144 valence electrons. The number of ether oxygens (including phenoxy) is 2. The summed E-state index contributed by atoms with van der Waals surface area (Å²) >= 11 is 6.01. The molecule has 0 aliphatic rings. The number of H-pyrrole nitrogens is 1. The van der Waals surface area contributed by atoms with E-state index in [1.54, 1.807) is 32.0 Å². The van der Waals surface area contributed by atoms with Gasteiger partial charge in [-0.1, -0.05) is 24.6 Å². The molecular weight excluding hydrogens is 372 g/mol. The normalized spacial score (nSPS) is 10.4. The Labute approximate surface area is 162 Å². The van der Waals surface area contributed by atoms with Crippen molar-refractivity contribution in [1.82, 2.24) is 4.98 Å². The second kappa shape index (κ2) is 8.73. The number of nitrogens with one attached hydrogen (secondary N) is 2. The van der Waals surface area contributed by atoms with Crippen LogP contribution in [0.5, 0.6) is 0 Å². The van der Waals surface area contributed by atoms with Gasteiger partial charge in [-0.05, 0) is 43.5 Å². The third kappa shape index (κ3) is 4.49. The minimum atomic E-state index is -0.727. The van der Waals surface area contributed by atoms with Gasteiger partial charge in [-0.3, -0.25) is 4.79 Å². The van der Waals surface area contributed by atoms with Crippen molar-refractivity contribution < 1.29 is 23.9 Å². The van der Waals surface area contributed by atoms with E-state index in [4.69, 9.17) is 21.1 Å². The standard InChI is InChI=1S/C19H21ClN2O5/c1-5-13-16(18(24)26-4)11(3)17(22-13)19(25)27-9-15(23)21-14-8-6-7-12(20)10(14)2/h6-8,22H,5,9H2,1-4H3,(H,21,23). The van der Waals surface area contributed by atoms with E-state index in [1.807, 2.05) is 6.92 Å². The number of hydrogen-bond acceptors (Lipinski definition) is 5. The van der Waals surface area contributed by atoms with Crippen LogP contribution in [0.2, 0.25) is 5.02 Å². The minimum absolute atomic E-state index is 0.124. The number of aryl methyl sites for hydroxylation is 1. The average Bonchev–Trinajstić information content (AvgIpc) is 2.99. The molecule has 2 N–H and O–H groups in total. The second-order valence-corrected chi connectivity index (χ2v) is 6.27. The molecule has 2 rings (SSSR count). The summed E-state index contributed by atoms with van der Waals surface area (Å²) in [6.45, 7) is 4.76. The van der Waals surface area contributed by atoms with Crippen molar-refractivity contribution in [2.24, 2.45) is 0 Å². The summed E-state index contributed by atoms with van der Waals surface area (Å²) in [5, 5.41) is 3.17. The fourth-order valence-corrected chi connectivity index (χ4v) is 2.81. The molecule has 1 amide bonds. The van der Waals surface area contributed by atoms with Gasteiger partial charge in [0.05, 0.1) is 12.7 Å². The van der Waals surface area contributed by atoms with E-state index in [1.165, 1.54) is 7.11 Å². The van der Waals surface area contributed by atoms with Crippen LogP contribution in [0.1, 0.15) is 44.6 Å². The second-order valence-electron chi connectivity index (χ2n) is 5.86. The first-order chi connectivity index (χ1) is 12.8. The maximum atomic E-state index is 12.3. The molecule has 7 nitrogen and oxygen atoms in total. The Morgan fingerprint density at radius 3 is 2.48 bits per heavy atom. The SMILES string of the molecule is CCc1[nH]c(C(=O)OCC(=O)Nc2cccc(Cl)c2C)c(C)c1C(=O)OC. The summed E-state index contributed by atoms with van der Waals surface area (Å²) in [5.41, 5.74) is 2.69. The molecule has 0 atom stereocenters. The first kappa shape index (κ1) is 20.5. The first-order valence-corrected chi connectivity index (χ1v) is 8.69. The highest BCUT2D eigenvalue weighted by molar-refractivity contribution is 6.31. The Hall–Kier alpha value is -2.80. The Morgan fingerprint density at radius 2 is 1.85 bits per heavy atom. The van der Waals surface area contributed by atoms with Gasteiger partial charge >= 0.3 is 11.9 Å². The molecule has 0 radical (unpaired) electrons. The van der Waals surface area contributed by atoms with Crippen LogP contribution in [0.25, 0.3) is 0 Å². The number of esters is 2. The van der Waals surface area contributed by atoms with Crippen LogP contribution < -0.4 is 5.32 Å². The molecule has 8 heteroatoms. The summed E-state index contributed by atoms with van der Waals surface area (Å²) in [7, 11) is 1.27. The molecule has 0 bridgehead atoms. The highest BCUT2D eigenvalue weighted by atomic mass is 35.5. The van der Waals surface area contributed by atoms with Gasteiger partial charge in [0.1, 0.15) is 5.69 Å². The van der Waals surface area contributed by atoms with Gasteiger partial charge in [0, 0.05) is 16.4 Å². The molecule has 0 spiro atoms. The Kier molecular flexibility index (Phi) is 6.63. The van der Waals surface area contributed by atoms with Crippen LogP contribution in [0.15, 0.2) is 18.2 Å². The van der Waals surface area contributed by atoms with Crippen molar-refractivity contribution in [2.75, 3.05) is 19.0 Å². The van der Waals surface area contributed by atoms with Gasteiger partial charge in [0.2, 0.25) is 0 Å². The van der Waals surface area contributed by atoms with E-state index in [9.17, 15) is 14.4 Å². The van der Waals surface area contributed by atoms with Gasteiger partial charge in [-0.15, -0.1) is 0 Å². The van der Waals surface area contributed by atoms with E-state index >= 15 is 0 Å². The number of rotatable bonds is 6. The average molecular weight is 393 g/mol. The van der Waals surface area contributed by atoms with E-state index in [0.29, 0.717) is 34.0 Å². The smallest absolute Gasteiger partial charge is 0.355 e. The summed E-state index contributed by atoms with van der Waals surface area (Å²) in [4.78, 5) is 39.2. The van der Waals surface area contributed by atoms with Crippen LogP contribution in [-0.4, -0.2) is 36.5 Å². The third-order valence-corrected chi connectivity index (χ3v) is 4.56. The largest absolute Gasteiger partial charge is 0.465 e. The number of aromatic amines is 1. The molecule has 1 aromatic heterocycles. The molecule has 0 aliphatic carbocycles. The minimum Gasteiger partial charge on any atom is -0.465 e. The zero-order valence-electron chi connectivity index (χ0n) is 15.6. The Morgan fingerprint density at radius 1 is 1.15 bits per heavy atom. The highest BCUT2D eigenvalue weighted by Gasteiger charge is 2.24. The number of benzene rings is 1. The van der Waals surface area contributed by atoms with Gasteiger partial charge in [-0.25, -0.2) is 9.59 Å². The summed E-state index contributed by atoms with van der Waals surface area (Å²) < 4.78 is 9.82. The summed E-state index contributed by atoms with van der Waals surface area (Å²) in [6.07, 6.45) is 0.507. The molecule has 0 saturated carbocycles. The maximum absolute atomic E-state index is 12.3. The Bertz CT molecular complexity index is 888. The van der Waals surface area contributed by atoms with Crippen LogP contribution >= 0.6 is 11.6 Å². The van der Waals surface area contributed by atoms with Crippen LogP contribution in [0, 0.1) is 13.8 Å². The van der Waals surface area contributed by atoms with E-state index in [0.717, 1.165) is 5.56 Å². The summed E-state index contributed by atoms with van der Waals surface area (Å²) in [5.74, 6) is -1.76. The van der Waals surface area contributed by atoms with Crippen molar-refractivity contribution >= 4 is 35.1 Å². The number of halogens is 1. The van der Waals surface area contributed by atoms with Crippen molar-refractivity contribution in [3.8, 4) is 0 Å². The lowest BCUT2D eigenvalue weighted by Gasteiger charge is -2.10. The van der Waals surface area contributed by atoms with Gasteiger partial charge < -0.3 is 19.8 Å². The quantitative estimate of drug-likeness (QED) is 0.734. The van der Waals surface area contributed by atoms with E-state index in [-0.39, 0.29) is 5.69 Å². The number of anilines is 1. The van der Waals surface area contributed by atoms with Crippen molar-refractivity contribution in [3.63, 3.8) is 0 Å². The van der Waals surface area contributed by atoms with Gasteiger partial charge in [-0.2, -0.15) is 0 Å². The molecule has 1 heterocycles. The molecule has 0 fully saturated rings. The van der Waals surface area contributed by atoms with Gasteiger partial charge in [0.25, 0.3) is 5.91 Å². The molecule has 2 aromatic rings. The first-order valence-electron chi connectivity index (χ1n) is 8.31. The number of amides is 1. The monoisotopic (exact) mass is 392 g/mol. The zero-order valence-corrected chi connectivity index (χ0v) is 16.3. The van der Waals surface area contributed by atoms with Crippen LogP contribution in [0.4, 0.5) is 5.69 Å². The number of carbonyl (C=O) groups excluding carboxylic acids is 3. The molecular formula is C19H21ClN2O5. The van der Waals surface area contributed by atoms with Crippen molar-refractivity contribution in [2.45, 2.75) is 27.2 Å². The predicted octanol–water partition coefficient (Wildman–Crippen LogP) is 3.43. The number of aromatic nitrogens is 1. The number of hydrogen-bond donors (Lipinski definition) is 2. The number of methoxy groups -OCH3 is 1. The zero-order chi connectivity index (χ0) is 20.1. The lowest BCUT2D eigenvalue weighted by Crippen LogP contribution is -2.21. The molecule has 0 saturated heterocycles. The lowest BCUT2D eigenvalue weighted by atomic mass is 10.1. The van der Waals surface area contributed by atoms with Crippen molar-refractivity contribution in [3.05, 3.63) is 51.3 Å². The van der Waals surface area contributed by atoms with Crippen LogP contribution in [-0.2, 0) is 20.7 Å². The maximum Gasteiger partial charge on any atom is 0.355 e. The molecule has 1 aromatic carbocycles. The topological polar surface area (TPSA) is 97.5 Å². The number of carbonyl (C=O) groups is 3.